The van der Waals surface area contributed by atoms with E-state index < -0.39 is 5.97 Å². The fraction of sp³-hybridized carbons (Fsp3) is 0.111. The molecule has 0 unspecified atom stereocenters. The Bertz CT molecular complexity index is 841. The average molecular weight is 389 g/mol. The summed E-state index contributed by atoms with van der Waals surface area (Å²) >= 11 is 3.44. The lowest BCUT2D eigenvalue weighted by molar-refractivity contribution is -0.142. The average Bonchev–Trinajstić information content (AvgIpc) is 2.90. The minimum Gasteiger partial charge on any atom is -0.482 e. The summed E-state index contributed by atoms with van der Waals surface area (Å²) in [5.41, 5.74) is 1.30. The number of carbonyl (C=O) groups excluding carboxylic acids is 2. The van der Waals surface area contributed by atoms with Gasteiger partial charge in [-0.25, -0.2) is 4.79 Å². The smallest absolute Gasteiger partial charge is 0.343 e. The molecule has 2 aromatic rings. The van der Waals surface area contributed by atoms with Gasteiger partial charge in [0, 0.05) is 10.5 Å². The van der Waals surface area contributed by atoms with Crippen molar-refractivity contribution >= 4 is 33.8 Å². The van der Waals surface area contributed by atoms with Gasteiger partial charge in [0.1, 0.15) is 11.5 Å². The normalized spacial score (nSPS) is 14.2. The summed E-state index contributed by atoms with van der Waals surface area (Å²) in [7, 11) is 1.29. The van der Waals surface area contributed by atoms with Crippen LogP contribution in [0, 0.1) is 0 Å². The van der Waals surface area contributed by atoms with Gasteiger partial charge in [-0.2, -0.15) is 0 Å². The van der Waals surface area contributed by atoms with Crippen molar-refractivity contribution in [3.8, 4) is 11.5 Å². The fourth-order valence-corrected chi connectivity index (χ4v) is 2.59. The summed E-state index contributed by atoms with van der Waals surface area (Å²) in [6.45, 7) is -0.205. The van der Waals surface area contributed by atoms with Crippen molar-refractivity contribution in [3.05, 3.63) is 63.8 Å². The third kappa shape index (κ3) is 3.33. The minimum atomic E-state index is -0.484. The van der Waals surface area contributed by atoms with Gasteiger partial charge in [-0.3, -0.25) is 4.79 Å². The number of ether oxygens (including phenoxy) is 3. The van der Waals surface area contributed by atoms with E-state index in [1.165, 1.54) is 7.11 Å². The number of ketones is 1. The van der Waals surface area contributed by atoms with Gasteiger partial charge < -0.3 is 14.2 Å². The Balaban J connectivity index is 1.82. The zero-order valence-corrected chi connectivity index (χ0v) is 14.3. The topological polar surface area (TPSA) is 61.8 Å². The van der Waals surface area contributed by atoms with Crippen molar-refractivity contribution in [2.24, 2.45) is 0 Å². The summed E-state index contributed by atoms with van der Waals surface area (Å²) < 4.78 is 16.3. The molecule has 6 heteroatoms. The maximum absolute atomic E-state index is 12.4. The first-order chi connectivity index (χ1) is 11.6. The largest absolute Gasteiger partial charge is 0.482 e. The lowest BCUT2D eigenvalue weighted by atomic mass is 10.1. The number of hydrogen-bond acceptors (Lipinski definition) is 5. The van der Waals surface area contributed by atoms with Crippen LogP contribution in [-0.2, 0) is 9.53 Å². The molecule has 1 aliphatic heterocycles. The number of esters is 1. The van der Waals surface area contributed by atoms with Crippen molar-refractivity contribution in [2.75, 3.05) is 13.7 Å². The number of benzene rings is 2. The first kappa shape index (κ1) is 16.3. The van der Waals surface area contributed by atoms with E-state index in [0.29, 0.717) is 17.1 Å². The summed E-state index contributed by atoms with van der Waals surface area (Å²) in [4.78, 5) is 23.5. The number of rotatable bonds is 4. The molecule has 0 aromatic heterocycles. The van der Waals surface area contributed by atoms with Crippen LogP contribution in [0.1, 0.15) is 15.9 Å². The van der Waals surface area contributed by atoms with Crippen molar-refractivity contribution in [2.45, 2.75) is 0 Å². The van der Waals surface area contributed by atoms with Crippen LogP contribution in [-0.4, -0.2) is 25.5 Å². The first-order valence-corrected chi connectivity index (χ1v) is 7.90. The first-order valence-electron chi connectivity index (χ1n) is 7.11. The summed E-state index contributed by atoms with van der Waals surface area (Å²) in [5, 5.41) is 0. The molecular formula is C18H13BrO5. The molecule has 0 fully saturated rings. The number of fused-ring (bicyclic) bond motifs is 1. The number of methoxy groups -OCH3 is 1. The molecule has 122 valence electrons. The molecule has 0 spiro atoms. The van der Waals surface area contributed by atoms with E-state index in [4.69, 9.17) is 9.47 Å². The van der Waals surface area contributed by atoms with E-state index in [9.17, 15) is 9.59 Å². The zero-order chi connectivity index (χ0) is 17.1. The Morgan fingerprint density at radius 2 is 2.04 bits per heavy atom. The molecular weight excluding hydrogens is 376 g/mol. The van der Waals surface area contributed by atoms with Crippen LogP contribution in [0.25, 0.3) is 6.08 Å². The highest BCUT2D eigenvalue weighted by Gasteiger charge is 2.28. The standard InChI is InChI=1S/C18H13BrO5/c1-22-17(20)10-23-12-6-7-13-15(9-12)24-16(18(13)21)8-11-4-2-3-5-14(11)19/h2-9H,10H2,1H3/b16-8-. The zero-order valence-electron chi connectivity index (χ0n) is 12.7. The maximum atomic E-state index is 12.4. The summed E-state index contributed by atoms with van der Waals surface area (Å²) in [6.07, 6.45) is 1.68. The molecule has 1 aliphatic rings. The Kier molecular flexibility index (Phi) is 4.66. The summed E-state index contributed by atoms with van der Waals surface area (Å²) in [5.74, 6) is 0.388. The van der Waals surface area contributed by atoms with E-state index in [1.54, 1.807) is 24.3 Å². The number of hydrogen-bond donors (Lipinski definition) is 0. The Morgan fingerprint density at radius 3 is 2.79 bits per heavy atom. The Hall–Kier alpha value is -2.60. The maximum Gasteiger partial charge on any atom is 0.343 e. The van der Waals surface area contributed by atoms with E-state index >= 15 is 0 Å². The number of Topliss-reactive ketones (excluding diaryl/α,β-unsaturated/α-hetero) is 1. The Labute approximate surface area is 147 Å². The van der Waals surface area contributed by atoms with Gasteiger partial charge in [0.2, 0.25) is 5.78 Å². The molecule has 3 rings (SSSR count). The van der Waals surface area contributed by atoms with Crippen LogP contribution < -0.4 is 9.47 Å². The monoisotopic (exact) mass is 388 g/mol. The van der Waals surface area contributed by atoms with Crippen molar-refractivity contribution in [1.29, 1.82) is 0 Å². The molecule has 0 atom stereocenters. The fourth-order valence-electron chi connectivity index (χ4n) is 2.19. The van der Waals surface area contributed by atoms with Gasteiger partial charge in [-0.05, 0) is 29.8 Å². The van der Waals surface area contributed by atoms with E-state index in [0.717, 1.165) is 10.0 Å². The highest BCUT2D eigenvalue weighted by Crippen LogP contribution is 2.35. The molecule has 0 radical (unpaired) electrons. The van der Waals surface area contributed by atoms with Crippen molar-refractivity contribution < 1.29 is 23.8 Å². The molecule has 24 heavy (non-hydrogen) atoms. The number of allylic oxidation sites excluding steroid dienone is 1. The van der Waals surface area contributed by atoms with Gasteiger partial charge in [0.25, 0.3) is 0 Å². The lowest BCUT2D eigenvalue weighted by Gasteiger charge is -2.05. The summed E-state index contributed by atoms with van der Waals surface area (Å²) in [6, 6.07) is 12.3. The molecule has 0 aliphatic carbocycles. The van der Waals surface area contributed by atoms with E-state index in [1.807, 2.05) is 24.3 Å². The predicted octanol–water partition coefficient (Wildman–Crippen LogP) is 3.62. The van der Waals surface area contributed by atoms with Crippen LogP contribution >= 0.6 is 15.9 Å². The van der Waals surface area contributed by atoms with Gasteiger partial charge in [-0.15, -0.1) is 0 Å². The second-order valence-corrected chi connectivity index (χ2v) is 5.84. The van der Waals surface area contributed by atoms with Crippen LogP contribution in [0.4, 0.5) is 0 Å². The highest BCUT2D eigenvalue weighted by atomic mass is 79.9. The molecule has 0 bridgehead atoms. The quantitative estimate of drug-likeness (QED) is 0.591. The number of carbonyl (C=O) groups is 2. The van der Waals surface area contributed by atoms with Gasteiger partial charge in [0.05, 0.1) is 12.7 Å². The van der Waals surface area contributed by atoms with Crippen LogP contribution in [0.15, 0.2) is 52.7 Å². The Morgan fingerprint density at radius 1 is 1.25 bits per heavy atom. The molecule has 0 N–H and O–H groups in total. The van der Waals surface area contributed by atoms with Gasteiger partial charge in [-0.1, -0.05) is 34.1 Å². The lowest BCUT2D eigenvalue weighted by Crippen LogP contribution is -2.12. The van der Waals surface area contributed by atoms with Crippen LogP contribution in [0.3, 0.4) is 0 Å². The predicted molar refractivity (Wildman–Crippen MR) is 91.0 cm³/mol. The minimum absolute atomic E-state index is 0.194. The second kappa shape index (κ2) is 6.88. The molecule has 0 saturated heterocycles. The van der Waals surface area contributed by atoms with Crippen LogP contribution in [0.2, 0.25) is 0 Å². The molecule has 0 amide bonds. The third-order valence-electron chi connectivity index (χ3n) is 3.42. The van der Waals surface area contributed by atoms with Crippen LogP contribution in [0.5, 0.6) is 11.5 Å². The highest BCUT2D eigenvalue weighted by molar-refractivity contribution is 9.10. The van der Waals surface area contributed by atoms with Gasteiger partial charge >= 0.3 is 5.97 Å². The third-order valence-corrected chi connectivity index (χ3v) is 4.14. The van der Waals surface area contributed by atoms with E-state index in [-0.39, 0.29) is 18.1 Å². The molecule has 0 saturated carbocycles. The SMILES string of the molecule is COC(=O)COc1ccc2c(c1)O/C(=C\c1ccccc1Br)C2=O. The van der Waals surface area contributed by atoms with Gasteiger partial charge in [0.15, 0.2) is 12.4 Å². The molecule has 2 aromatic carbocycles. The number of halogens is 1. The second-order valence-electron chi connectivity index (χ2n) is 4.98. The molecule has 1 heterocycles. The molecule has 5 nitrogen and oxygen atoms in total. The van der Waals surface area contributed by atoms with Crippen molar-refractivity contribution in [1.82, 2.24) is 0 Å². The van der Waals surface area contributed by atoms with Crippen molar-refractivity contribution in [3.63, 3.8) is 0 Å². The van der Waals surface area contributed by atoms with E-state index in [2.05, 4.69) is 20.7 Å².